The Morgan fingerprint density at radius 1 is 0.750 bits per heavy atom. The summed E-state index contributed by atoms with van der Waals surface area (Å²) in [5.41, 5.74) is 4.89. The smallest absolute Gasteiger partial charge is 0.408 e. The van der Waals surface area contributed by atoms with Gasteiger partial charge in [0.05, 0.1) is 18.3 Å². The van der Waals surface area contributed by atoms with Crippen LogP contribution >= 0.6 is 11.8 Å². The van der Waals surface area contributed by atoms with E-state index in [0.29, 0.717) is 0 Å². The van der Waals surface area contributed by atoms with Gasteiger partial charge in [0.15, 0.2) is 5.03 Å². The first kappa shape index (κ1) is 35.2. The molecule has 4 aromatic rings. The predicted molar refractivity (Wildman–Crippen MR) is 179 cm³/mol. The number of amides is 3. The number of thioether (sulfide) groups is 1. The van der Waals surface area contributed by atoms with Gasteiger partial charge in [-0.1, -0.05) is 127 Å². The van der Waals surface area contributed by atoms with E-state index in [1.165, 1.54) is 17.2 Å². The predicted octanol–water partition coefficient (Wildman–Crippen LogP) is 4.36. The van der Waals surface area contributed by atoms with Gasteiger partial charge in [0.25, 0.3) is 5.91 Å². The maximum absolute atomic E-state index is 13.8. The molecule has 0 heterocycles. The third kappa shape index (κ3) is 9.42. The third-order valence-corrected chi connectivity index (χ3v) is 8.88. The average molecular weight is 671 g/mol. The van der Waals surface area contributed by atoms with Crippen molar-refractivity contribution in [2.45, 2.75) is 29.9 Å². The van der Waals surface area contributed by atoms with E-state index in [9.17, 15) is 29.3 Å². The number of nitrogens with zero attached hydrogens (tertiary/aromatic N) is 1. The lowest BCUT2D eigenvalue weighted by molar-refractivity contribution is -0.530. The van der Waals surface area contributed by atoms with E-state index >= 15 is 0 Å². The molecule has 0 aliphatic heterocycles. The summed E-state index contributed by atoms with van der Waals surface area (Å²) in [7, 11) is 1.05. The molecular formula is C35H34N4O8S. The molecule has 0 aliphatic rings. The zero-order valence-electron chi connectivity index (χ0n) is 25.9. The van der Waals surface area contributed by atoms with Gasteiger partial charge in [-0.05, 0) is 22.3 Å². The Balaban J connectivity index is 1.69. The summed E-state index contributed by atoms with van der Waals surface area (Å²) in [6.45, 7) is -0.0675. The fraction of sp³-hybridized carbons (Fsp3) is 0.200. The summed E-state index contributed by atoms with van der Waals surface area (Å²) in [4.78, 5) is 62.4. The number of hydrogen-bond donors (Lipinski definition) is 3. The molecule has 3 amide bonds. The van der Waals surface area contributed by atoms with Gasteiger partial charge in [-0.3, -0.25) is 9.59 Å². The van der Waals surface area contributed by atoms with E-state index in [-0.39, 0.29) is 12.4 Å². The number of nitrogens with one attached hydrogen (secondary N) is 3. The van der Waals surface area contributed by atoms with Crippen LogP contribution in [0.4, 0.5) is 4.79 Å². The van der Waals surface area contributed by atoms with E-state index in [1.807, 2.05) is 97.1 Å². The lowest BCUT2D eigenvalue weighted by atomic mass is 9.84. The zero-order chi connectivity index (χ0) is 34.4. The number of hydrazine groups is 1. The summed E-state index contributed by atoms with van der Waals surface area (Å²) >= 11 is 1.37. The SMILES string of the molecule is COC(=O)[C@@H](CC(=O)N[N+](=O)[O-])NC(=O)[C@@H](CSC(c1ccccc1)(c1ccccc1)c1ccccc1)NC(=O)OCc1ccccc1. The molecule has 0 saturated carbocycles. The minimum atomic E-state index is -1.58. The van der Waals surface area contributed by atoms with Crippen molar-refractivity contribution in [2.75, 3.05) is 12.9 Å². The number of alkyl carbamates (subject to hydrolysis) is 1. The monoisotopic (exact) mass is 670 g/mol. The van der Waals surface area contributed by atoms with Crippen LogP contribution in [0.2, 0.25) is 0 Å². The first-order valence-corrected chi connectivity index (χ1v) is 15.8. The van der Waals surface area contributed by atoms with Gasteiger partial charge in [-0.2, -0.15) is 0 Å². The topological polar surface area (TPSA) is 166 Å². The van der Waals surface area contributed by atoms with E-state index < -0.39 is 52.2 Å². The summed E-state index contributed by atoms with van der Waals surface area (Å²) in [6, 6.07) is 35.1. The van der Waals surface area contributed by atoms with E-state index in [1.54, 1.807) is 24.3 Å². The number of esters is 1. The minimum Gasteiger partial charge on any atom is -0.467 e. The number of carbonyl (C=O) groups excluding carboxylic acids is 4. The summed E-state index contributed by atoms with van der Waals surface area (Å²) in [5.74, 6) is -3.02. The van der Waals surface area contributed by atoms with Gasteiger partial charge in [0, 0.05) is 5.75 Å². The highest BCUT2D eigenvalue weighted by atomic mass is 32.2. The fourth-order valence-electron chi connectivity index (χ4n) is 5.01. The molecule has 0 aromatic heterocycles. The molecule has 248 valence electrons. The maximum Gasteiger partial charge on any atom is 0.408 e. The number of methoxy groups -OCH3 is 1. The first-order valence-electron chi connectivity index (χ1n) is 14.8. The minimum absolute atomic E-state index is 0.0417. The van der Waals surface area contributed by atoms with Gasteiger partial charge in [-0.25, -0.2) is 19.7 Å². The molecule has 3 N–H and O–H groups in total. The van der Waals surface area contributed by atoms with Crippen LogP contribution in [0.5, 0.6) is 0 Å². The zero-order valence-corrected chi connectivity index (χ0v) is 26.8. The van der Waals surface area contributed by atoms with E-state index in [4.69, 9.17) is 9.47 Å². The van der Waals surface area contributed by atoms with Gasteiger partial charge in [0.2, 0.25) is 5.91 Å². The van der Waals surface area contributed by atoms with Crippen molar-refractivity contribution in [1.82, 2.24) is 16.1 Å². The molecule has 2 atom stereocenters. The van der Waals surface area contributed by atoms with Crippen molar-refractivity contribution in [1.29, 1.82) is 0 Å². The van der Waals surface area contributed by atoms with Crippen molar-refractivity contribution >= 4 is 35.6 Å². The van der Waals surface area contributed by atoms with Crippen LogP contribution in [0.1, 0.15) is 28.7 Å². The Kier molecular flexibility index (Phi) is 12.7. The largest absolute Gasteiger partial charge is 0.467 e. The average Bonchev–Trinajstić information content (AvgIpc) is 3.11. The highest BCUT2D eigenvalue weighted by Gasteiger charge is 2.39. The molecule has 0 spiro atoms. The van der Waals surface area contributed by atoms with Crippen molar-refractivity contribution in [3.05, 3.63) is 154 Å². The van der Waals surface area contributed by atoms with Crippen molar-refractivity contribution in [3.8, 4) is 0 Å². The Hall–Kier alpha value is -5.69. The Morgan fingerprint density at radius 2 is 1.23 bits per heavy atom. The van der Waals surface area contributed by atoms with Crippen LogP contribution in [-0.4, -0.2) is 53.9 Å². The van der Waals surface area contributed by atoms with Crippen molar-refractivity contribution < 1.29 is 33.7 Å². The molecule has 0 unspecified atom stereocenters. The van der Waals surface area contributed by atoms with E-state index in [0.717, 1.165) is 29.4 Å². The van der Waals surface area contributed by atoms with Crippen LogP contribution in [0.15, 0.2) is 121 Å². The number of benzene rings is 4. The molecule has 0 radical (unpaired) electrons. The summed E-state index contributed by atoms with van der Waals surface area (Å²) in [6.07, 6.45) is -1.68. The second-order valence-corrected chi connectivity index (χ2v) is 11.7. The second-order valence-electron chi connectivity index (χ2n) is 10.4. The third-order valence-electron chi connectivity index (χ3n) is 7.24. The number of nitro groups is 1. The molecule has 0 fully saturated rings. The van der Waals surface area contributed by atoms with Gasteiger partial charge >= 0.3 is 12.1 Å². The van der Waals surface area contributed by atoms with Crippen LogP contribution in [0.3, 0.4) is 0 Å². The molecule has 0 bridgehead atoms. The highest BCUT2D eigenvalue weighted by molar-refractivity contribution is 8.00. The lowest BCUT2D eigenvalue weighted by Gasteiger charge is -2.36. The fourth-order valence-corrected chi connectivity index (χ4v) is 6.57. The van der Waals surface area contributed by atoms with Gasteiger partial charge in [-0.15, -0.1) is 11.8 Å². The molecule has 0 saturated heterocycles. The Labute approximate surface area is 281 Å². The molecule has 4 rings (SSSR count). The van der Waals surface area contributed by atoms with Crippen molar-refractivity contribution in [2.24, 2.45) is 0 Å². The first-order chi connectivity index (χ1) is 23.2. The van der Waals surface area contributed by atoms with Crippen LogP contribution < -0.4 is 16.1 Å². The number of ether oxygens (including phenoxy) is 2. The molecular weight excluding hydrogens is 636 g/mol. The number of rotatable bonds is 15. The molecule has 0 aliphatic carbocycles. The van der Waals surface area contributed by atoms with Crippen LogP contribution in [0, 0.1) is 10.1 Å². The molecule has 13 heteroatoms. The van der Waals surface area contributed by atoms with Gasteiger partial charge < -0.3 is 20.1 Å². The lowest BCUT2D eigenvalue weighted by Crippen LogP contribution is -2.54. The van der Waals surface area contributed by atoms with Gasteiger partial charge in [0.1, 0.15) is 18.7 Å². The summed E-state index contributed by atoms with van der Waals surface area (Å²) in [5, 5.41) is 14.7. The standard InChI is InChI=1S/C35H34N4O8S/c1-46-33(42)29(22-31(40)38-39(44)45)36-32(41)30(37-34(43)47-23-25-14-6-2-7-15-25)24-48-35(26-16-8-3-9-17-26,27-18-10-4-11-19-27)28-20-12-5-13-21-28/h2-21,29-30H,22-24H2,1H3,(H,36,41)(H,37,43)(H,38,40)/t29-,30-/m1/s1. The summed E-state index contributed by atoms with van der Waals surface area (Å²) < 4.78 is 9.27. The van der Waals surface area contributed by atoms with Crippen LogP contribution in [-0.2, 0) is 35.2 Å². The maximum atomic E-state index is 13.8. The molecule has 4 aromatic carbocycles. The van der Waals surface area contributed by atoms with Crippen molar-refractivity contribution in [3.63, 3.8) is 0 Å². The quantitative estimate of drug-likeness (QED) is 0.0721. The van der Waals surface area contributed by atoms with E-state index in [2.05, 4.69) is 10.6 Å². The Morgan fingerprint density at radius 3 is 1.69 bits per heavy atom. The second kappa shape index (κ2) is 17.3. The molecule has 12 nitrogen and oxygen atoms in total. The Bertz CT molecular complexity index is 1580. The normalized spacial score (nSPS) is 12.1. The number of hydrogen-bond acceptors (Lipinski definition) is 9. The number of carbonyl (C=O) groups is 4. The van der Waals surface area contributed by atoms with Crippen LogP contribution in [0.25, 0.3) is 0 Å². The molecule has 48 heavy (non-hydrogen) atoms. The highest BCUT2D eigenvalue weighted by Crippen LogP contribution is 2.48.